The van der Waals surface area contributed by atoms with Crippen molar-refractivity contribution < 1.29 is 14.8 Å². The van der Waals surface area contributed by atoms with Crippen LogP contribution >= 0.6 is 0 Å². The standard InChI is InChI=1S/C9H10AsNO4/c10-8(11(14)15)7(9(12)13)6-4-2-1-3-5-6/h1-5,7-8H,10H2,(H,12,13). The molecule has 0 spiro atoms. The molecule has 1 N–H and O–H groups in total. The van der Waals surface area contributed by atoms with Crippen molar-refractivity contribution in [3.8, 4) is 0 Å². The van der Waals surface area contributed by atoms with Crippen molar-refractivity contribution in [1.82, 2.24) is 0 Å². The van der Waals surface area contributed by atoms with Gasteiger partial charge in [-0.2, -0.15) is 0 Å². The molecule has 80 valence electrons. The number of carbonyl (C=O) groups is 1. The van der Waals surface area contributed by atoms with Gasteiger partial charge >= 0.3 is 94.4 Å². The first-order chi connectivity index (χ1) is 7.04. The monoisotopic (exact) mass is 271 g/mol. The van der Waals surface area contributed by atoms with Gasteiger partial charge in [-0.25, -0.2) is 0 Å². The molecule has 1 aromatic rings. The summed E-state index contributed by atoms with van der Waals surface area (Å²) in [6, 6.07) is 8.27. The van der Waals surface area contributed by atoms with Crippen LogP contribution in [0.5, 0.6) is 0 Å². The van der Waals surface area contributed by atoms with Crippen LogP contribution in [-0.4, -0.2) is 37.7 Å². The Kier molecular flexibility index (Phi) is 3.86. The molecule has 0 heterocycles. The van der Waals surface area contributed by atoms with Gasteiger partial charge in [-0.3, -0.25) is 0 Å². The van der Waals surface area contributed by atoms with Crippen molar-refractivity contribution >= 4 is 22.8 Å². The minimum atomic E-state index is -1.16. The molecule has 6 heteroatoms. The van der Waals surface area contributed by atoms with Gasteiger partial charge in [0, 0.05) is 0 Å². The fraction of sp³-hybridized carbons (Fsp3) is 0.222. The minimum absolute atomic E-state index is 0.469. The summed E-state index contributed by atoms with van der Waals surface area (Å²) in [5.41, 5.74) is 0.469. The molecule has 0 fully saturated rings. The van der Waals surface area contributed by atoms with E-state index in [2.05, 4.69) is 0 Å². The number of hydrogen-bond acceptors (Lipinski definition) is 3. The maximum absolute atomic E-state index is 11.0. The van der Waals surface area contributed by atoms with E-state index in [1.165, 1.54) is 0 Å². The Balaban J connectivity index is 3.04. The first-order valence-corrected chi connectivity index (χ1v) is 5.60. The van der Waals surface area contributed by atoms with E-state index >= 15 is 0 Å². The molecular formula is C9H10AsNO4. The number of benzene rings is 1. The Morgan fingerprint density at radius 2 is 1.93 bits per heavy atom. The van der Waals surface area contributed by atoms with E-state index in [0.717, 1.165) is 16.9 Å². The average molecular weight is 271 g/mol. The summed E-state index contributed by atoms with van der Waals surface area (Å²) in [6.45, 7) is 0. The molecule has 0 aliphatic carbocycles. The Hall–Kier alpha value is -1.35. The third-order valence-corrected chi connectivity index (χ3v) is 3.33. The molecule has 0 aromatic heterocycles. The Bertz CT molecular complexity index is 368. The quantitative estimate of drug-likeness (QED) is 0.478. The van der Waals surface area contributed by atoms with Crippen molar-refractivity contribution in [1.29, 1.82) is 0 Å². The summed E-state index contributed by atoms with van der Waals surface area (Å²) >= 11 is 0.808. The van der Waals surface area contributed by atoms with E-state index in [1.807, 2.05) is 0 Å². The number of nitrogens with zero attached hydrogens (tertiary/aromatic N) is 1. The molecule has 0 radical (unpaired) electrons. The van der Waals surface area contributed by atoms with Crippen LogP contribution in [0.1, 0.15) is 11.5 Å². The molecule has 5 nitrogen and oxygen atoms in total. The van der Waals surface area contributed by atoms with Gasteiger partial charge in [0.25, 0.3) is 0 Å². The SMILES string of the molecule is O=C(O)C(c1ccccc1)C([AsH2])[N+](=O)[O-]. The van der Waals surface area contributed by atoms with Crippen LogP contribution in [0, 0.1) is 10.1 Å². The zero-order valence-electron chi connectivity index (χ0n) is 7.74. The van der Waals surface area contributed by atoms with Crippen molar-refractivity contribution in [3.05, 3.63) is 46.0 Å². The molecule has 0 amide bonds. The summed E-state index contributed by atoms with van der Waals surface area (Å²) in [5.74, 6) is -2.23. The van der Waals surface area contributed by atoms with Gasteiger partial charge in [0.2, 0.25) is 0 Å². The van der Waals surface area contributed by atoms with Crippen molar-refractivity contribution in [3.63, 3.8) is 0 Å². The number of nitro groups is 1. The Morgan fingerprint density at radius 3 is 2.33 bits per heavy atom. The molecule has 1 rings (SSSR count). The van der Waals surface area contributed by atoms with Gasteiger partial charge in [0.05, 0.1) is 0 Å². The number of hydrogen-bond donors (Lipinski definition) is 1. The molecule has 0 saturated carbocycles. The number of rotatable bonds is 4. The van der Waals surface area contributed by atoms with E-state index in [0.29, 0.717) is 5.56 Å². The second-order valence-electron chi connectivity index (χ2n) is 3.00. The molecule has 0 aliphatic heterocycles. The zero-order valence-corrected chi connectivity index (χ0v) is 10.2. The predicted octanol–water partition coefficient (Wildman–Crippen LogP) is 0.0907. The van der Waals surface area contributed by atoms with Crippen LogP contribution in [-0.2, 0) is 4.79 Å². The summed E-state index contributed by atoms with van der Waals surface area (Å²) in [6.07, 6.45) is 0. The molecule has 3 atom stereocenters. The van der Waals surface area contributed by atoms with Crippen molar-refractivity contribution in [2.75, 3.05) is 0 Å². The van der Waals surface area contributed by atoms with Gasteiger partial charge in [-0.05, 0) is 0 Å². The molecule has 0 bridgehead atoms. The van der Waals surface area contributed by atoms with Crippen LogP contribution in [0.25, 0.3) is 0 Å². The predicted molar refractivity (Wildman–Crippen MR) is 56.1 cm³/mol. The summed E-state index contributed by atoms with van der Waals surface area (Å²) < 4.78 is 0. The van der Waals surface area contributed by atoms with Crippen molar-refractivity contribution in [2.45, 2.75) is 10.7 Å². The van der Waals surface area contributed by atoms with Crippen LogP contribution in [0.2, 0.25) is 0 Å². The first kappa shape index (κ1) is 11.7. The number of carboxylic acids is 1. The first-order valence-electron chi connectivity index (χ1n) is 4.21. The summed E-state index contributed by atoms with van der Waals surface area (Å²) in [5, 5.41) is 19.5. The summed E-state index contributed by atoms with van der Waals surface area (Å²) in [4.78, 5) is 19.9. The van der Waals surface area contributed by atoms with Gasteiger partial charge in [0.15, 0.2) is 0 Å². The summed E-state index contributed by atoms with van der Waals surface area (Å²) in [7, 11) is 0. The number of carboxylic acid groups (broad SMARTS) is 1. The number of aliphatic carboxylic acids is 1. The van der Waals surface area contributed by atoms with E-state index in [4.69, 9.17) is 5.11 Å². The van der Waals surface area contributed by atoms with E-state index < -0.39 is 21.6 Å². The van der Waals surface area contributed by atoms with E-state index in [9.17, 15) is 14.9 Å². The third-order valence-electron chi connectivity index (χ3n) is 2.01. The normalized spacial score (nSPS) is 14.2. The topological polar surface area (TPSA) is 80.4 Å². The molecule has 3 unspecified atom stereocenters. The fourth-order valence-electron chi connectivity index (χ4n) is 1.27. The van der Waals surface area contributed by atoms with Gasteiger partial charge in [-0.1, -0.05) is 0 Å². The van der Waals surface area contributed by atoms with E-state index in [-0.39, 0.29) is 0 Å². The van der Waals surface area contributed by atoms with E-state index in [1.54, 1.807) is 30.3 Å². The van der Waals surface area contributed by atoms with Gasteiger partial charge in [-0.15, -0.1) is 0 Å². The molecule has 0 saturated heterocycles. The Labute approximate surface area is 94.8 Å². The van der Waals surface area contributed by atoms with Crippen molar-refractivity contribution in [2.24, 2.45) is 0 Å². The van der Waals surface area contributed by atoms with Gasteiger partial charge < -0.3 is 0 Å². The molecule has 15 heavy (non-hydrogen) atoms. The zero-order chi connectivity index (χ0) is 11.4. The average Bonchev–Trinajstić information content (AvgIpc) is 2.18. The van der Waals surface area contributed by atoms with Crippen LogP contribution in [0.15, 0.2) is 30.3 Å². The molecule has 1 aromatic carbocycles. The third kappa shape index (κ3) is 2.80. The molecule has 0 aliphatic rings. The fourth-order valence-corrected chi connectivity index (χ4v) is 2.08. The molecular weight excluding hydrogens is 261 g/mol. The van der Waals surface area contributed by atoms with Crippen LogP contribution in [0.4, 0.5) is 0 Å². The second kappa shape index (κ2) is 4.94. The Morgan fingerprint density at radius 1 is 1.40 bits per heavy atom. The van der Waals surface area contributed by atoms with Crippen LogP contribution in [0.3, 0.4) is 0 Å². The van der Waals surface area contributed by atoms with Crippen LogP contribution < -0.4 is 0 Å². The maximum atomic E-state index is 11.0. The van der Waals surface area contributed by atoms with Gasteiger partial charge in [0.1, 0.15) is 0 Å². The second-order valence-corrected chi connectivity index (χ2v) is 4.44.